The number of anilines is 2. The van der Waals surface area contributed by atoms with E-state index in [-0.39, 0.29) is 5.91 Å². The number of hydrogen-bond acceptors (Lipinski definition) is 3. The maximum absolute atomic E-state index is 11.6. The number of carbonyl (C=O) groups is 1. The van der Waals surface area contributed by atoms with Crippen molar-refractivity contribution >= 4 is 17.4 Å². The average molecular weight is 340 g/mol. The first-order valence-corrected chi connectivity index (χ1v) is 9.16. The quantitative estimate of drug-likeness (QED) is 0.892. The van der Waals surface area contributed by atoms with E-state index in [1.165, 1.54) is 5.82 Å². The van der Waals surface area contributed by atoms with Gasteiger partial charge in [0.1, 0.15) is 5.82 Å². The first-order chi connectivity index (χ1) is 12.0. The highest BCUT2D eigenvalue weighted by Crippen LogP contribution is 2.39. The number of nitrogens with one attached hydrogen (secondary N) is 1. The Balaban J connectivity index is 2.06. The Morgan fingerprint density at radius 3 is 2.76 bits per heavy atom. The zero-order valence-corrected chi connectivity index (χ0v) is 15.7. The molecule has 2 heterocycles. The van der Waals surface area contributed by atoms with Crippen LogP contribution in [-0.4, -0.2) is 28.8 Å². The van der Waals surface area contributed by atoms with E-state index in [0.717, 1.165) is 55.0 Å². The number of aromatic nitrogens is 2. The molecule has 5 nitrogen and oxygen atoms in total. The molecular weight excluding hydrogens is 312 g/mol. The molecular formula is C20H28N4O. The minimum Gasteiger partial charge on any atom is -0.356 e. The first kappa shape index (κ1) is 17.5. The van der Waals surface area contributed by atoms with Gasteiger partial charge in [0.2, 0.25) is 5.91 Å². The van der Waals surface area contributed by atoms with Crippen LogP contribution in [0.5, 0.6) is 0 Å². The molecule has 1 aromatic carbocycles. The van der Waals surface area contributed by atoms with Gasteiger partial charge in [-0.2, -0.15) is 5.10 Å². The fraction of sp³-hybridized carbons (Fsp3) is 0.500. The third-order valence-corrected chi connectivity index (χ3v) is 4.68. The van der Waals surface area contributed by atoms with E-state index in [9.17, 15) is 4.79 Å². The molecule has 1 aliphatic heterocycles. The number of hydrogen-bond donors (Lipinski definition) is 1. The molecule has 0 atom stereocenters. The Bertz CT molecular complexity index is 763. The van der Waals surface area contributed by atoms with Crippen molar-refractivity contribution < 1.29 is 4.79 Å². The van der Waals surface area contributed by atoms with Gasteiger partial charge >= 0.3 is 0 Å². The van der Waals surface area contributed by atoms with Crippen LogP contribution >= 0.6 is 0 Å². The van der Waals surface area contributed by atoms with E-state index in [1.807, 2.05) is 18.2 Å². The third kappa shape index (κ3) is 3.70. The predicted molar refractivity (Wildman–Crippen MR) is 103 cm³/mol. The Kier molecular flexibility index (Phi) is 5.11. The fourth-order valence-electron chi connectivity index (χ4n) is 3.51. The smallest absolute Gasteiger partial charge is 0.221 e. The summed E-state index contributed by atoms with van der Waals surface area (Å²) in [6, 6.07) is 8.01. The van der Waals surface area contributed by atoms with Crippen molar-refractivity contribution in [1.29, 1.82) is 0 Å². The molecule has 1 amide bonds. The lowest BCUT2D eigenvalue weighted by molar-refractivity contribution is -0.114. The van der Waals surface area contributed by atoms with Crippen LogP contribution in [0.4, 0.5) is 11.5 Å². The van der Waals surface area contributed by atoms with Crippen LogP contribution < -0.4 is 10.2 Å². The number of aryl methyl sites for hydroxylation is 2. The van der Waals surface area contributed by atoms with Crippen molar-refractivity contribution in [2.75, 3.05) is 23.3 Å². The van der Waals surface area contributed by atoms with E-state index in [1.54, 1.807) is 6.92 Å². The van der Waals surface area contributed by atoms with Crippen LogP contribution in [0.1, 0.15) is 39.3 Å². The Morgan fingerprint density at radius 2 is 2.04 bits per heavy atom. The number of carbonyl (C=O) groups excluding carboxylic acids is 1. The largest absolute Gasteiger partial charge is 0.356 e. The highest BCUT2D eigenvalue weighted by atomic mass is 16.1. The summed E-state index contributed by atoms with van der Waals surface area (Å²) in [5, 5.41) is 7.75. The van der Waals surface area contributed by atoms with Crippen LogP contribution in [-0.2, 0) is 11.3 Å². The Morgan fingerprint density at radius 1 is 1.28 bits per heavy atom. The number of fused-ring (bicyclic) bond motifs is 1. The first-order valence-electron chi connectivity index (χ1n) is 9.16. The molecule has 1 aromatic heterocycles. The van der Waals surface area contributed by atoms with E-state index in [2.05, 4.69) is 41.7 Å². The fourth-order valence-corrected chi connectivity index (χ4v) is 3.51. The molecule has 1 N–H and O–H groups in total. The number of para-hydroxylation sites is 1. The molecule has 0 aliphatic carbocycles. The molecule has 1 aliphatic rings. The van der Waals surface area contributed by atoms with Gasteiger partial charge in [-0.05, 0) is 31.7 Å². The summed E-state index contributed by atoms with van der Waals surface area (Å²) in [5.74, 6) is 1.82. The second kappa shape index (κ2) is 7.30. The summed E-state index contributed by atoms with van der Waals surface area (Å²) in [4.78, 5) is 14.1. The lowest BCUT2D eigenvalue weighted by Gasteiger charge is -2.31. The monoisotopic (exact) mass is 340 g/mol. The van der Waals surface area contributed by atoms with Crippen molar-refractivity contribution in [2.24, 2.45) is 5.92 Å². The summed E-state index contributed by atoms with van der Waals surface area (Å²) in [7, 11) is 0. The lowest BCUT2D eigenvalue weighted by Crippen LogP contribution is -2.34. The Hall–Kier alpha value is -2.30. The van der Waals surface area contributed by atoms with Gasteiger partial charge in [0, 0.05) is 43.4 Å². The number of amides is 1. The van der Waals surface area contributed by atoms with Crippen LogP contribution in [0, 0.1) is 12.8 Å². The molecule has 0 radical (unpaired) electrons. The van der Waals surface area contributed by atoms with Crippen molar-refractivity contribution in [3.05, 3.63) is 30.0 Å². The van der Waals surface area contributed by atoms with Crippen molar-refractivity contribution in [1.82, 2.24) is 9.78 Å². The average Bonchev–Trinajstić information content (AvgIpc) is 2.89. The van der Waals surface area contributed by atoms with Crippen molar-refractivity contribution in [2.45, 2.75) is 47.1 Å². The van der Waals surface area contributed by atoms with E-state index >= 15 is 0 Å². The molecule has 2 aromatic rings. The van der Waals surface area contributed by atoms with Gasteiger partial charge in [-0.1, -0.05) is 32.0 Å². The predicted octanol–water partition coefficient (Wildman–Crippen LogP) is 4.07. The van der Waals surface area contributed by atoms with Gasteiger partial charge in [-0.25, -0.2) is 4.68 Å². The number of benzene rings is 1. The number of rotatable bonds is 5. The van der Waals surface area contributed by atoms with Crippen LogP contribution in [0.25, 0.3) is 11.1 Å². The van der Waals surface area contributed by atoms with Crippen molar-refractivity contribution in [3.8, 4) is 11.1 Å². The maximum atomic E-state index is 11.6. The lowest BCUT2D eigenvalue weighted by atomic mass is 10.0. The van der Waals surface area contributed by atoms with Crippen molar-refractivity contribution in [3.63, 3.8) is 0 Å². The molecule has 134 valence electrons. The Labute approximate surface area is 150 Å². The number of nitrogens with zero attached hydrogens (tertiary/aromatic N) is 3. The zero-order chi connectivity index (χ0) is 18.0. The van der Waals surface area contributed by atoms with E-state index in [0.29, 0.717) is 5.92 Å². The standard InChI is InChI=1S/C20H28N4O/c1-14(2)10-13-23-11-7-12-24-20(23)19(15(3)22-24)17-8-5-6-9-18(17)21-16(4)25/h5-6,8-9,14H,7,10-13H2,1-4H3,(H,21,25). The van der Waals surface area contributed by atoms with Crippen LogP contribution in [0.3, 0.4) is 0 Å². The molecule has 0 bridgehead atoms. The SMILES string of the molecule is CC(=O)Nc1ccccc1-c1c(C)nn2c1N(CCC(C)C)CCC2. The second-order valence-corrected chi connectivity index (χ2v) is 7.26. The topological polar surface area (TPSA) is 50.2 Å². The van der Waals surface area contributed by atoms with Gasteiger partial charge in [-0.15, -0.1) is 0 Å². The minimum absolute atomic E-state index is 0.0530. The minimum atomic E-state index is -0.0530. The zero-order valence-electron chi connectivity index (χ0n) is 15.7. The van der Waals surface area contributed by atoms with Gasteiger partial charge in [0.25, 0.3) is 0 Å². The molecule has 3 rings (SSSR count). The van der Waals surface area contributed by atoms with Gasteiger partial charge in [0.15, 0.2) is 0 Å². The third-order valence-electron chi connectivity index (χ3n) is 4.68. The normalized spacial score (nSPS) is 13.9. The summed E-state index contributed by atoms with van der Waals surface area (Å²) in [6.45, 7) is 11.2. The molecule has 25 heavy (non-hydrogen) atoms. The summed E-state index contributed by atoms with van der Waals surface area (Å²) < 4.78 is 2.14. The molecule has 0 saturated heterocycles. The molecule has 0 spiro atoms. The molecule has 5 heteroatoms. The molecule has 0 saturated carbocycles. The van der Waals surface area contributed by atoms with Gasteiger partial charge in [0.05, 0.1) is 5.69 Å². The maximum Gasteiger partial charge on any atom is 0.221 e. The van der Waals surface area contributed by atoms with E-state index < -0.39 is 0 Å². The molecule has 0 fully saturated rings. The molecule has 0 unspecified atom stereocenters. The summed E-state index contributed by atoms with van der Waals surface area (Å²) in [6.07, 6.45) is 2.29. The summed E-state index contributed by atoms with van der Waals surface area (Å²) in [5.41, 5.74) is 4.06. The summed E-state index contributed by atoms with van der Waals surface area (Å²) >= 11 is 0. The second-order valence-electron chi connectivity index (χ2n) is 7.26. The highest BCUT2D eigenvalue weighted by Gasteiger charge is 2.26. The van der Waals surface area contributed by atoms with Gasteiger partial charge in [-0.3, -0.25) is 4.79 Å². The van der Waals surface area contributed by atoms with Gasteiger partial charge < -0.3 is 10.2 Å². The van der Waals surface area contributed by atoms with Crippen LogP contribution in [0.15, 0.2) is 24.3 Å². The van der Waals surface area contributed by atoms with E-state index in [4.69, 9.17) is 5.10 Å². The highest BCUT2D eigenvalue weighted by molar-refractivity contribution is 5.96. The van der Waals surface area contributed by atoms with Crippen LogP contribution in [0.2, 0.25) is 0 Å².